The summed E-state index contributed by atoms with van der Waals surface area (Å²) in [5, 5.41) is 0. The van der Waals surface area contributed by atoms with E-state index in [1.165, 1.54) is 25.9 Å². The van der Waals surface area contributed by atoms with Crippen LogP contribution in [0.4, 0.5) is 13.2 Å². The largest absolute Gasteiger partial charge is 0.433 e. The maximum absolute atomic E-state index is 12.7. The summed E-state index contributed by atoms with van der Waals surface area (Å²) < 4.78 is 45.7. The fourth-order valence-electron chi connectivity index (χ4n) is 4.81. The summed E-state index contributed by atoms with van der Waals surface area (Å²) in [6.07, 6.45) is -1.87. The fraction of sp³-hybridized carbons (Fsp3) is 0.722. The van der Waals surface area contributed by atoms with Gasteiger partial charge in [-0.15, -0.1) is 0 Å². The Labute approximate surface area is 155 Å². The highest BCUT2D eigenvalue weighted by molar-refractivity contribution is 7.97. The van der Waals surface area contributed by atoms with Gasteiger partial charge in [0, 0.05) is 47.9 Å². The first-order valence-electron chi connectivity index (χ1n) is 9.06. The number of rotatable bonds is 3. The highest BCUT2D eigenvalue weighted by atomic mass is 32.2. The molecule has 3 saturated heterocycles. The van der Waals surface area contributed by atoms with Gasteiger partial charge in [-0.2, -0.15) is 13.2 Å². The van der Waals surface area contributed by atoms with Crippen LogP contribution in [0.25, 0.3) is 0 Å². The lowest BCUT2D eigenvalue weighted by Gasteiger charge is -2.65. The average molecular weight is 385 g/mol. The average Bonchev–Trinajstić information content (AvgIpc) is 2.39. The molecule has 3 aliphatic heterocycles. The topological polar surface area (TPSA) is 28.6 Å². The van der Waals surface area contributed by atoms with Gasteiger partial charge in [-0.1, -0.05) is 0 Å². The van der Waals surface area contributed by atoms with Crippen LogP contribution in [0, 0.1) is 17.8 Å². The van der Waals surface area contributed by atoms with Gasteiger partial charge < -0.3 is 4.74 Å². The van der Waals surface area contributed by atoms with Crippen molar-refractivity contribution in [3.8, 4) is 0 Å². The zero-order chi connectivity index (χ0) is 18.2. The van der Waals surface area contributed by atoms with Crippen LogP contribution in [0.5, 0.6) is 0 Å². The van der Waals surface area contributed by atoms with Gasteiger partial charge in [0.1, 0.15) is 5.69 Å². The molecule has 0 bridgehead atoms. The van der Waals surface area contributed by atoms with E-state index in [1.807, 2.05) is 0 Å². The molecule has 26 heavy (non-hydrogen) atoms. The highest BCUT2D eigenvalue weighted by Crippen LogP contribution is 2.55. The number of aromatic nitrogens is 1. The molecule has 142 valence electrons. The van der Waals surface area contributed by atoms with Gasteiger partial charge in [-0.05, 0) is 43.8 Å². The second-order valence-corrected chi connectivity index (χ2v) is 9.77. The minimum absolute atomic E-state index is 0.434. The quantitative estimate of drug-likeness (QED) is 0.746. The smallest absolute Gasteiger partial charge is 0.380 e. The zero-order valence-corrected chi connectivity index (χ0v) is 15.5. The molecule has 1 aromatic heterocycles. The van der Waals surface area contributed by atoms with Crippen molar-refractivity contribution in [3.63, 3.8) is 0 Å². The third-order valence-electron chi connectivity index (χ3n) is 6.33. The summed E-state index contributed by atoms with van der Waals surface area (Å²) in [7, 11) is 0. The maximum Gasteiger partial charge on any atom is 0.433 e. The number of aryl methyl sites for hydroxylation is 1. The van der Waals surface area contributed by atoms with Crippen LogP contribution in [0.1, 0.15) is 24.2 Å². The van der Waals surface area contributed by atoms with E-state index in [0.717, 1.165) is 43.3 Å². The van der Waals surface area contributed by atoms with Gasteiger partial charge >= 0.3 is 6.18 Å². The number of ether oxygens (including phenoxy) is 1. The van der Waals surface area contributed by atoms with E-state index in [4.69, 9.17) is 4.74 Å². The van der Waals surface area contributed by atoms with Gasteiger partial charge in [-0.3, -0.25) is 4.90 Å². The number of pyridine rings is 1. The normalized spacial score (nSPS) is 27.7. The summed E-state index contributed by atoms with van der Waals surface area (Å²) >= 11 is 1.54. The standard InChI is InChI=1S/C18H22F3N3OS/c1-12-14(2-3-15(22-12)18(19,20)21)26-24-8-16(9-24)4-13(5-16)23-6-17(7-23)10-25-11-17/h2-3,13H,4-11H2,1H3. The first-order valence-corrected chi connectivity index (χ1v) is 9.83. The number of halogens is 3. The zero-order valence-electron chi connectivity index (χ0n) is 14.7. The van der Waals surface area contributed by atoms with E-state index < -0.39 is 11.9 Å². The number of hydrogen-bond acceptors (Lipinski definition) is 5. The SMILES string of the molecule is Cc1nc(C(F)(F)F)ccc1SN1CC2(CC(N3CC4(COC4)C3)C2)C1. The van der Waals surface area contributed by atoms with Gasteiger partial charge in [0.05, 0.1) is 18.9 Å². The Morgan fingerprint density at radius 2 is 1.81 bits per heavy atom. The van der Waals surface area contributed by atoms with Crippen LogP contribution >= 0.6 is 11.9 Å². The Balaban J connectivity index is 1.11. The highest BCUT2D eigenvalue weighted by Gasteiger charge is 2.58. The summed E-state index contributed by atoms with van der Waals surface area (Å²) in [4.78, 5) is 7.14. The van der Waals surface area contributed by atoms with Gasteiger partial charge in [0.2, 0.25) is 0 Å². The minimum Gasteiger partial charge on any atom is -0.380 e. The molecule has 1 aromatic rings. The van der Waals surface area contributed by atoms with E-state index in [2.05, 4.69) is 14.2 Å². The molecule has 0 radical (unpaired) electrons. The first kappa shape index (κ1) is 17.3. The molecule has 1 aliphatic carbocycles. The van der Waals surface area contributed by atoms with E-state index in [1.54, 1.807) is 24.9 Å². The lowest BCUT2D eigenvalue weighted by Crippen LogP contribution is -2.73. The molecular formula is C18H22F3N3OS. The van der Waals surface area contributed by atoms with Crippen molar-refractivity contribution >= 4 is 11.9 Å². The second kappa shape index (κ2) is 5.59. The monoisotopic (exact) mass is 385 g/mol. The molecule has 4 nitrogen and oxygen atoms in total. The van der Waals surface area contributed by atoms with Crippen molar-refractivity contribution in [1.29, 1.82) is 0 Å². The van der Waals surface area contributed by atoms with Crippen molar-refractivity contribution < 1.29 is 17.9 Å². The Bertz CT molecular complexity index is 715. The lowest BCUT2D eigenvalue weighted by atomic mass is 9.59. The predicted octanol–water partition coefficient (Wildman–Crippen LogP) is 3.21. The van der Waals surface area contributed by atoms with Crippen LogP contribution < -0.4 is 0 Å². The molecule has 2 spiro atoms. The van der Waals surface area contributed by atoms with Crippen LogP contribution in [0.2, 0.25) is 0 Å². The number of nitrogens with zero attached hydrogens (tertiary/aromatic N) is 3. The predicted molar refractivity (Wildman–Crippen MR) is 91.7 cm³/mol. The van der Waals surface area contributed by atoms with Crippen molar-refractivity contribution in [1.82, 2.24) is 14.2 Å². The first-order chi connectivity index (χ1) is 12.3. The summed E-state index contributed by atoms with van der Waals surface area (Å²) in [6, 6.07) is 3.35. The second-order valence-electron chi connectivity index (χ2n) is 8.63. The Kier molecular flexibility index (Phi) is 3.72. The van der Waals surface area contributed by atoms with E-state index >= 15 is 0 Å². The van der Waals surface area contributed by atoms with Crippen LogP contribution in [-0.2, 0) is 10.9 Å². The number of likely N-dealkylation sites (tertiary alicyclic amines) is 1. The minimum atomic E-state index is -4.38. The van der Waals surface area contributed by atoms with E-state index in [0.29, 0.717) is 16.5 Å². The third-order valence-corrected chi connectivity index (χ3v) is 7.47. The Hall–Kier alpha value is -0.830. The van der Waals surface area contributed by atoms with Crippen LogP contribution in [0.3, 0.4) is 0 Å². The van der Waals surface area contributed by atoms with E-state index in [-0.39, 0.29) is 0 Å². The molecule has 5 rings (SSSR count). The van der Waals surface area contributed by atoms with Crippen LogP contribution in [-0.4, -0.2) is 59.6 Å². The van der Waals surface area contributed by atoms with E-state index in [9.17, 15) is 13.2 Å². The molecule has 0 amide bonds. The Morgan fingerprint density at radius 3 is 2.35 bits per heavy atom. The van der Waals surface area contributed by atoms with Crippen molar-refractivity contribution in [2.75, 3.05) is 39.4 Å². The molecule has 8 heteroatoms. The lowest BCUT2D eigenvalue weighted by molar-refractivity contribution is -0.219. The molecule has 4 heterocycles. The van der Waals surface area contributed by atoms with Gasteiger partial charge in [0.25, 0.3) is 0 Å². The number of alkyl halides is 3. The van der Waals surface area contributed by atoms with Gasteiger partial charge in [-0.25, -0.2) is 9.29 Å². The third kappa shape index (κ3) is 2.77. The summed E-state index contributed by atoms with van der Waals surface area (Å²) in [5.74, 6) is 0. The van der Waals surface area contributed by atoms with Crippen LogP contribution in [0.15, 0.2) is 17.0 Å². The molecule has 0 N–H and O–H groups in total. The van der Waals surface area contributed by atoms with Gasteiger partial charge in [0.15, 0.2) is 0 Å². The molecule has 0 aromatic carbocycles. The van der Waals surface area contributed by atoms with Crippen molar-refractivity contribution in [2.45, 2.75) is 36.9 Å². The molecular weight excluding hydrogens is 363 g/mol. The summed E-state index contributed by atoms with van der Waals surface area (Å²) in [5.41, 5.74) is 0.553. The molecule has 4 fully saturated rings. The molecule has 0 unspecified atom stereocenters. The molecule has 1 saturated carbocycles. The molecule has 0 atom stereocenters. The van der Waals surface area contributed by atoms with Crippen molar-refractivity contribution in [2.24, 2.45) is 10.8 Å². The maximum atomic E-state index is 12.7. The fourth-order valence-corrected chi connectivity index (χ4v) is 6.07. The number of hydrogen-bond donors (Lipinski definition) is 0. The van der Waals surface area contributed by atoms with Crippen molar-refractivity contribution in [3.05, 3.63) is 23.5 Å². The Morgan fingerprint density at radius 1 is 1.12 bits per heavy atom. The molecule has 4 aliphatic rings. The summed E-state index contributed by atoms with van der Waals surface area (Å²) in [6.45, 7) is 7.97.